The van der Waals surface area contributed by atoms with Crippen LogP contribution in [0.2, 0.25) is 0 Å². The summed E-state index contributed by atoms with van der Waals surface area (Å²) in [5, 5.41) is 1.70. The van der Waals surface area contributed by atoms with Crippen molar-refractivity contribution in [1.82, 2.24) is 15.3 Å². The molecule has 1 amide bonds. The topological polar surface area (TPSA) is 61.6 Å². The van der Waals surface area contributed by atoms with Gasteiger partial charge >= 0.3 is 6.18 Å². The molecule has 1 aliphatic heterocycles. The maximum absolute atomic E-state index is 12.8. The summed E-state index contributed by atoms with van der Waals surface area (Å²) in [4.78, 5) is 14.1. The molecule has 0 aliphatic carbocycles. The van der Waals surface area contributed by atoms with Gasteiger partial charge in [-0.15, -0.1) is 0 Å². The number of piperazine rings is 1. The lowest BCUT2D eigenvalue weighted by Gasteiger charge is -2.32. The van der Waals surface area contributed by atoms with Crippen molar-refractivity contribution in [1.29, 1.82) is 0 Å². The Hall–Kier alpha value is -1.80. The first-order chi connectivity index (χ1) is 9.77. The number of hydrogen-bond acceptors (Lipinski definition) is 4. The highest BCUT2D eigenvalue weighted by Gasteiger charge is 2.33. The molecule has 0 spiro atoms. The van der Waals surface area contributed by atoms with Crippen molar-refractivity contribution in [2.24, 2.45) is 0 Å². The molecule has 1 saturated heterocycles. The van der Waals surface area contributed by atoms with Gasteiger partial charge < -0.3 is 10.6 Å². The Morgan fingerprint density at radius 2 is 1.86 bits per heavy atom. The molecule has 0 radical (unpaired) electrons. The third kappa shape index (κ3) is 3.85. The van der Waals surface area contributed by atoms with Gasteiger partial charge in [0.2, 0.25) is 0 Å². The van der Waals surface area contributed by atoms with Gasteiger partial charge in [-0.25, -0.2) is 5.01 Å². The number of carbonyl (C=O) groups is 1. The predicted molar refractivity (Wildman–Crippen MR) is 72.4 cm³/mol. The first kappa shape index (κ1) is 15.6. The largest absolute Gasteiger partial charge is 0.418 e. The molecule has 21 heavy (non-hydrogen) atoms. The molecule has 1 aliphatic rings. The highest BCUT2D eigenvalue weighted by atomic mass is 19.4. The number of anilines is 1. The molecule has 116 valence electrons. The number of nitrogens with two attached hydrogens (primary N) is 1. The Labute approximate surface area is 120 Å². The van der Waals surface area contributed by atoms with Crippen LogP contribution in [0.25, 0.3) is 0 Å². The average molecular weight is 302 g/mol. The standard InChI is InChI=1S/C13H17F3N4O/c1-19-4-6-20(7-5-19)18-12(21)9-2-3-11(17)10(8-9)13(14,15)16/h2-3,8H,4-7,17H2,1H3,(H,18,21). The van der Waals surface area contributed by atoms with E-state index in [-0.39, 0.29) is 5.56 Å². The lowest BCUT2D eigenvalue weighted by molar-refractivity contribution is -0.136. The van der Waals surface area contributed by atoms with E-state index in [1.807, 2.05) is 7.05 Å². The van der Waals surface area contributed by atoms with E-state index in [1.54, 1.807) is 5.01 Å². The molecule has 0 saturated carbocycles. The minimum absolute atomic E-state index is 0.0598. The zero-order valence-corrected chi connectivity index (χ0v) is 11.6. The first-order valence-corrected chi connectivity index (χ1v) is 6.48. The van der Waals surface area contributed by atoms with E-state index >= 15 is 0 Å². The summed E-state index contributed by atoms with van der Waals surface area (Å²) in [6.45, 7) is 2.83. The maximum atomic E-state index is 12.8. The molecular weight excluding hydrogens is 285 g/mol. The third-order valence-electron chi connectivity index (χ3n) is 3.38. The van der Waals surface area contributed by atoms with Gasteiger partial charge in [-0.3, -0.25) is 10.2 Å². The van der Waals surface area contributed by atoms with E-state index in [1.165, 1.54) is 6.07 Å². The molecule has 8 heteroatoms. The van der Waals surface area contributed by atoms with Crippen LogP contribution in [0.1, 0.15) is 15.9 Å². The zero-order valence-electron chi connectivity index (χ0n) is 11.6. The van der Waals surface area contributed by atoms with Crippen LogP contribution in [0.3, 0.4) is 0 Å². The van der Waals surface area contributed by atoms with Crippen molar-refractivity contribution in [3.63, 3.8) is 0 Å². The van der Waals surface area contributed by atoms with E-state index in [4.69, 9.17) is 5.73 Å². The van der Waals surface area contributed by atoms with E-state index < -0.39 is 23.3 Å². The average Bonchev–Trinajstić information content (AvgIpc) is 2.40. The van der Waals surface area contributed by atoms with E-state index in [9.17, 15) is 18.0 Å². The fraction of sp³-hybridized carbons (Fsp3) is 0.462. The molecule has 2 rings (SSSR count). The molecule has 0 atom stereocenters. The van der Waals surface area contributed by atoms with E-state index in [0.29, 0.717) is 13.1 Å². The number of likely N-dealkylation sites (N-methyl/N-ethyl adjacent to an activating group) is 1. The van der Waals surface area contributed by atoms with Crippen molar-refractivity contribution >= 4 is 11.6 Å². The smallest absolute Gasteiger partial charge is 0.398 e. The molecule has 3 N–H and O–H groups in total. The first-order valence-electron chi connectivity index (χ1n) is 6.48. The monoisotopic (exact) mass is 302 g/mol. The molecular formula is C13H17F3N4O. The van der Waals surface area contributed by atoms with Crippen LogP contribution in [-0.2, 0) is 6.18 Å². The minimum atomic E-state index is -4.58. The van der Waals surface area contributed by atoms with Crippen molar-refractivity contribution in [3.05, 3.63) is 29.3 Å². The van der Waals surface area contributed by atoms with Gasteiger partial charge in [0.25, 0.3) is 5.91 Å². The number of carbonyl (C=O) groups excluding carboxylic acids is 1. The third-order valence-corrected chi connectivity index (χ3v) is 3.38. The molecule has 1 aromatic carbocycles. The second-order valence-electron chi connectivity index (χ2n) is 5.03. The fourth-order valence-electron chi connectivity index (χ4n) is 2.07. The molecule has 1 heterocycles. The van der Waals surface area contributed by atoms with Gasteiger partial charge in [0.15, 0.2) is 0 Å². The second-order valence-corrected chi connectivity index (χ2v) is 5.03. The summed E-state index contributed by atoms with van der Waals surface area (Å²) in [5.41, 5.74) is 6.48. The predicted octanol–water partition coefficient (Wildman–Crippen LogP) is 1.18. The Morgan fingerprint density at radius 3 is 2.43 bits per heavy atom. The number of nitrogens with one attached hydrogen (secondary N) is 1. The Balaban J connectivity index is 2.09. The number of rotatable bonds is 2. The van der Waals surface area contributed by atoms with Crippen LogP contribution in [0, 0.1) is 0 Å². The summed E-state index contributed by atoms with van der Waals surface area (Å²) in [6, 6.07) is 3.17. The molecule has 0 bridgehead atoms. The lowest BCUT2D eigenvalue weighted by Crippen LogP contribution is -2.52. The number of halogens is 3. The van der Waals surface area contributed by atoms with Crippen LogP contribution in [0.5, 0.6) is 0 Å². The quantitative estimate of drug-likeness (QED) is 0.805. The van der Waals surface area contributed by atoms with Crippen molar-refractivity contribution < 1.29 is 18.0 Å². The number of nitrogen functional groups attached to an aromatic ring is 1. The van der Waals surface area contributed by atoms with Gasteiger partial charge in [0.1, 0.15) is 0 Å². The van der Waals surface area contributed by atoms with Gasteiger partial charge in [0, 0.05) is 37.4 Å². The highest BCUT2D eigenvalue weighted by molar-refractivity contribution is 5.94. The van der Waals surface area contributed by atoms with Crippen molar-refractivity contribution in [3.8, 4) is 0 Å². The molecule has 0 aromatic heterocycles. The normalized spacial score (nSPS) is 17.7. The van der Waals surface area contributed by atoms with Crippen LogP contribution >= 0.6 is 0 Å². The van der Waals surface area contributed by atoms with Gasteiger partial charge in [0.05, 0.1) is 5.56 Å². The zero-order chi connectivity index (χ0) is 15.6. The maximum Gasteiger partial charge on any atom is 0.418 e. The van der Waals surface area contributed by atoms with E-state index in [2.05, 4.69) is 10.3 Å². The van der Waals surface area contributed by atoms with Crippen molar-refractivity contribution in [2.75, 3.05) is 39.0 Å². The van der Waals surface area contributed by atoms with Gasteiger partial charge in [-0.2, -0.15) is 13.2 Å². The van der Waals surface area contributed by atoms with Crippen LogP contribution in [-0.4, -0.2) is 49.0 Å². The number of hydrogen-bond donors (Lipinski definition) is 2. The molecule has 0 unspecified atom stereocenters. The highest BCUT2D eigenvalue weighted by Crippen LogP contribution is 2.33. The molecule has 5 nitrogen and oxygen atoms in total. The summed E-state index contributed by atoms with van der Waals surface area (Å²) in [6.07, 6.45) is -4.58. The summed E-state index contributed by atoms with van der Waals surface area (Å²) >= 11 is 0. The number of amides is 1. The van der Waals surface area contributed by atoms with Crippen LogP contribution < -0.4 is 11.2 Å². The minimum Gasteiger partial charge on any atom is -0.398 e. The van der Waals surface area contributed by atoms with Crippen molar-refractivity contribution in [2.45, 2.75) is 6.18 Å². The Kier molecular flexibility index (Phi) is 4.38. The summed E-state index contributed by atoms with van der Waals surface area (Å²) in [5.74, 6) is -0.565. The van der Waals surface area contributed by atoms with Crippen LogP contribution in [0.4, 0.5) is 18.9 Å². The Morgan fingerprint density at radius 1 is 1.24 bits per heavy atom. The number of benzene rings is 1. The summed E-state index contributed by atoms with van der Waals surface area (Å²) in [7, 11) is 1.97. The van der Waals surface area contributed by atoms with Crippen LogP contribution in [0.15, 0.2) is 18.2 Å². The molecule has 1 fully saturated rings. The number of nitrogens with zero attached hydrogens (tertiary/aromatic N) is 2. The SMILES string of the molecule is CN1CCN(NC(=O)c2ccc(N)c(C(F)(F)F)c2)CC1. The second kappa shape index (κ2) is 5.90. The molecule has 1 aromatic rings. The summed E-state index contributed by atoms with van der Waals surface area (Å²) < 4.78 is 38.3. The lowest BCUT2D eigenvalue weighted by atomic mass is 10.1. The van der Waals surface area contributed by atoms with Gasteiger partial charge in [-0.05, 0) is 25.2 Å². The number of alkyl halides is 3. The Bertz CT molecular complexity index is 525. The van der Waals surface area contributed by atoms with E-state index in [0.717, 1.165) is 25.2 Å². The van der Waals surface area contributed by atoms with Gasteiger partial charge in [-0.1, -0.05) is 0 Å². The number of hydrazine groups is 1. The fourth-order valence-corrected chi connectivity index (χ4v) is 2.07.